The van der Waals surface area contributed by atoms with Crippen LogP contribution < -0.4 is 0 Å². The van der Waals surface area contributed by atoms with Crippen LogP contribution in [0.25, 0.3) is 0 Å². The minimum atomic E-state index is 0.964. The fourth-order valence-electron chi connectivity index (χ4n) is 2.55. The fourth-order valence-corrected chi connectivity index (χ4v) is 2.55. The lowest BCUT2D eigenvalue weighted by Gasteiger charge is -2.55. The first-order valence-electron chi connectivity index (χ1n) is 5.29. The SMILES string of the molecule is CC.CC(C)C1CC2CCC21. The van der Waals surface area contributed by atoms with E-state index in [4.69, 9.17) is 0 Å². The molecule has 0 bridgehead atoms. The summed E-state index contributed by atoms with van der Waals surface area (Å²) >= 11 is 0. The van der Waals surface area contributed by atoms with Crippen molar-refractivity contribution in [1.29, 1.82) is 0 Å². The van der Waals surface area contributed by atoms with E-state index in [2.05, 4.69) is 13.8 Å². The smallest absolute Gasteiger partial charge is 0.0355 e. The Kier molecular flexibility index (Phi) is 2.98. The molecule has 0 heteroatoms. The first kappa shape index (κ1) is 9.09. The first-order chi connectivity index (χ1) is 5.29. The van der Waals surface area contributed by atoms with Crippen molar-refractivity contribution in [3.8, 4) is 0 Å². The predicted octanol–water partition coefficient (Wildman–Crippen LogP) is 3.71. The van der Waals surface area contributed by atoms with Crippen molar-refractivity contribution in [1.82, 2.24) is 0 Å². The van der Waals surface area contributed by atoms with Gasteiger partial charge in [-0.1, -0.05) is 27.7 Å². The van der Waals surface area contributed by atoms with E-state index in [0.29, 0.717) is 0 Å². The van der Waals surface area contributed by atoms with Gasteiger partial charge in [0.05, 0.1) is 0 Å². The Bertz CT molecular complexity index is 115. The summed E-state index contributed by atoms with van der Waals surface area (Å²) in [6.07, 6.45) is 4.66. The van der Waals surface area contributed by atoms with Gasteiger partial charge in [0.25, 0.3) is 0 Å². The lowest BCUT2D eigenvalue weighted by atomic mass is 9.51. The minimum absolute atomic E-state index is 0.964. The maximum absolute atomic E-state index is 2.37. The highest BCUT2D eigenvalue weighted by atomic mass is 14.5. The lowest BCUT2D eigenvalue weighted by molar-refractivity contribution is -0.0501. The molecular weight excluding hydrogens is 132 g/mol. The molecule has 2 rings (SSSR count). The van der Waals surface area contributed by atoms with Gasteiger partial charge in [-0.05, 0) is 42.9 Å². The number of hydrogen-bond acceptors (Lipinski definition) is 0. The molecule has 0 aromatic carbocycles. The zero-order chi connectivity index (χ0) is 8.43. The van der Waals surface area contributed by atoms with Gasteiger partial charge in [-0.15, -0.1) is 0 Å². The largest absolute Gasteiger partial charge is 0.0683 e. The van der Waals surface area contributed by atoms with Crippen LogP contribution in [-0.4, -0.2) is 0 Å². The van der Waals surface area contributed by atoms with Crippen LogP contribution in [0.2, 0.25) is 0 Å². The summed E-state index contributed by atoms with van der Waals surface area (Å²) < 4.78 is 0. The Hall–Kier alpha value is 0. The maximum atomic E-state index is 2.37. The predicted molar refractivity (Wildman–Crippen MR) is 50.5 cm³/mol. The molecule has 0 aliphatic heterocycles. The van der Waals surface area contributed by atoms with Gasteiger partial charge in [0.15, 0.2) is 0 Å². The molecule has 0 aromatic rings. The standard InChI is InChI=1S/C9H16.C2H6/c1-6(2)9-5-7-3-4-8(7)9;1-2/h6-9H,3-5H2,1-2H3;1-2H3. The van der Waals surface area contributed by atoms with Crippen LogP contribution in [-0.2, 0) is 0 Å². The highest BCUT2D eigenvalue weighted by Crippen LogP contribution is 2.56. The van der Waals surface area contributed by atoms with Crippen LogP contribution >= 0.6 is 0 Å². The van der Waals surface area contributed by atoms with E-state index in [1.807, 2.05) is 13.8 Å². The summed E-state index contributed by atoms with van der Waals surface area (Å²) in [5, 5.41) is 0. The van der Waals surface area contributed by atoms with Crippen LogP contribution in [0.4, 0.5) is 0 Å². The number of rotatable bonds is 1. The van der Waals surface area contributed by atoms with Gasteiger partial charge in [0.2, 0.25) is 0 Å². The summed E-state index contributed by atoms with van der Waals surface area (Å²) in [5.41, 5.74) is 0. The first-order valence-corrected chi connectivity index (χ1v) is 5.29. The third-order valence-electron chi connectivity index (χ3n) is 3.46. The van der Waals surface area contributed by atoms with Crippen molar-refractivity contribution in [2.45, 2.75) is 47.0 Å². The minimum Gasteiger partial charge on any atom is -0.0683 e. The number of fused-ring (bicyclic) bond motifs is 1. The van der Waals surface area contributed by atoms with Crippen molar-refractivity contribution in [2.75, 3.05) is 0 Å². The third kappa shape index (κ3) is 1.45. The Morgan fingerprint density at radius 1 is 1.09 bits per heavy atom. The molecule has 3 atom stereocenters. The van der Waals surface area contributed by atoms with Gasteiger partial charge in [0, 0.05) is 0 Å². The molecule has 3 unspecified atom stereocenters. The van der Waals surface area contributed by atoms with Gasteiger partial charge in [0.1, 0.15) is 0 Å². The maximum Gasteiger partial charge on any atom is -0.0355 e. The second-order valence-corrected chi connectivity index (χ2v) is 4.14. The molecule has 0 N–H and O–H groups in total. The second-order valence-electron chi connectivity index (χ2n) is 4.14. The van der Waals surface area contributed by atoms with E-state index in [0.717, 1.165) is 11.8 Å². The van der Waals surface area contributed by atoms with Gasteiger partial charge >= 0.3 is 0 Å². The average Bonchev–Trinajstić information content (AvgIpc) is 1.98. The molecule has 2 fully saturated rings. The molecule has 0 heterocycles. The normalized spacial score (nSPS) is 39.5. The highest BCUT2D eigenvalue weighted by molar-refractivity contribution is 4.97. The summed E-state index contributed by atoms with van der Waals surface area (Å²) in [7, 11) is 0. The monoisotopic (exact) mass is 154 g/mol. The molecule has 0 spiro atoms. The van der Waals surface area contributed by atoms with Crippen molar-refractivity contribution in [3.05, 3.63) is 0 Å². The van der Waals surface area contributed by atoms with Gasteiger partial charge < -0.3 is 0 Å². The van der Waals surface area contributed by atoms with Gasteiger partial charge in [-0.3, -0.25) is 0 Å². The van der Waals surface area contributed by atoms with Crippen molar-refractivity contribution in [3.63, 3.8) is 0 Å². The summed E-state index contributed by atoms with van der Waals surface area (Å²) in [4.78, 5) is 0. The topological polar surface area (TPSA) is 0 Å². The van der Waals surface area contributed by atoms with Crippen molar-refractivity contribution >= 4 is 0 Å². The van der Waals surface area contributed by atoms with Crippen LogP contribution in [0, 0.1) is 23.7 Å². The Morgan fingerprint density at radius 3 is 1.82 bits per heavy atom. The van der Waals surface area contributed by atoms with E-state index in [9.17, 15) is 0 Å². The van der Waals surface area contributed by atoms with Crippen LogP contribution in [0.15, 0.2) is 0 Å². The third-order valence-corrected chi connectivity index (χ3v) is 3.46. The molecule has 0 aromatic heterocycles. The molecule has 0 nitrogen and oxygen atoms in total. The quantitative estimate of drug-likeness (QED) is 0.540. The van der Waals surface area contributed by atoms with Crippen LogP contribution in [0.3, 0.4) is 0 Å². The molecule has 11 heavy (non-hydrogen) atoms. The van der Waals surface area contributed by atoms with Crippen molar-refractivity contribution in [2.24, 2.45) is 23.7 Å². The molecule has 66 valence electrons. The molecule has 2 aliphatic rings. The van der Waals surface area contributed by atoms with Crippen LogP contribution in [0.5, 0.6) is 0 Å². The molecule has 0 saturated heterocycles. The zero-order valence-corrected chi connectivity index (χ0v) is 8.43. The fraction of sp³-hybridized carbons (Fsp3) is 1.00. The van der Waals surface area contributed by atoms with Gasteiger partial charge in [-0.25, -0.2) is 0 Å². The number of hydrogen-bond donors (Lipinski definition) is 0. The summed E-state index contributed by atoms with van der Waals surface area (Å²) in [6, 6.07) is 0. The summed E-state index contributed by atoms with van der Waals surface area (Å²) in [5.74, 6) is 4.43. The molecule has 2 saturated carbocycles. The Labute approximate surface area is 71.4 Å². The Morgan fingerprint density at radius 2 is 1.73 bits per heavy atom. The zero-order valence-electron chi connectivity index (χ0n) is 8.43. The second kappa shape index (κ2) is 3.60. The lowest BCUT2D eigenvalue weighted by Crippen LogP contribution is -2.46. The van der Waals surface area contributed by atoms with Gasteiger partial charge in [-0.2, -0.15) is 0 Å². The summed E-state index contributed by atoms with van der Waals surface area (Å²) in [6.45, 7) is 8.75. The van der Waals surface area contributed by atoms with E-state index in [-0.39, 0.29) is 0 Å². The molecule has 2 aliphatic carbocycles. The van der Waals surface area contributed by atoms with Crippen molar-refractivity contribution < 1.29 is 0 Å². The Balaban J connectivity index is 0.000000281. The average molecular weight is 154 g/mol. The van der Waals surface area contributed by atoms with E-state index >= 15 is 0 Å². The van der Waals surface area contributed by atoms with E-state index in [1.165, 1.54) is 11.8 Å². The highest BCUT2D eigenvalue weighted by Gasteiger charge is 2.47. The molecular formula is C11H22. The van der Waals surface area contributed by atoms with Crippen LogP contribution in [0.1, 0.15) is 47.0 Å². The molecule has 0 amide bonds. The van der Waals surface area contributed by atoms with E-state index in [1.54, 1.807) is 19.3 Å². The molecule has 0 radical (unpaired) electrons. The van der Waals surface area contributed by atoms with E-state index < -0.39 is 0 Å².